The van der Waals surface area contributed by atoms with Crippen molar-refractivity contribution in [3.05, 3.63) is 42.2 Å². The van der Waals surface area contributed by atoms with Crippen LogP contribution < -0.4 is 5.32 Å². The fourth-order valence-electron chi connectivity index (χ4n) is 2.48. The van der Waals surface area contributed by atoms with Crippen molar-refractivity contribution in [2.24, 2.45) is 0 Å². The number of hydrogen-bond donors (Lipinski definition) is 1. The van der Waals surface area contributed by atoms with Crippen LogP contribution >= 0.6 is 0 Å². The van der Waals surface area contributed by atoms with Crippen LogP contribution in [0.15, 0.2) is 36.5 Å². The van der Waals surface area contributed by atoms with Gasteiger partial charge in [0.2, 0.25) is 5.95 Å². The Morgan fingerprint density at radius 3 is 2.70 bits per heavy atom. The molecule has 0 radical (unpaired) electrons. The molecule has 1 saturated heterocycles. The van der Waals surface area contributed by atoms with E-state index in [2.05, 4.69) is 10.3 Å². The van der Waals surface area contributed by atoms with Gasteiger partial charge in [-0.1, -0.05) is 18.2 Å². The first-order valence-corrected chi connectivity index (χ1v) is 8.44. The number of aryl methyl sites for hydroxylation is 1. The van der Waals surface area contributed by atoms with Crippen molar-refractivity contribution < 1.29 is 8.42 Å². The molecule has 0 spiro atoms. The molecule has 1 unspecified atom stereocenters. The van der Waals surface area contributed by atoms with E-state index in [4.69, 9.17) is 0 Å². The minimum atomic E-state index is -2.89. The van der Waals surface area contributed by atoms with Crippen LogP contribution in [-0.2, 0) is 9.84 Å². The summed E-state index contributed by atoms with van der Waals surface area (Å²) >= 11 is 0. The molecular formula is C14H17N3O2S. The number of imidazole rings is 1. The number of sulfone groups is 1. The maximum atomic E-state index is 11.5. The molecule has 2 heterocycles. The Labute approximate surface area is 118 Å². The summed E-state index contributed by atoms with van der Waals surface area (Å²) in [4.78, 5) is 4.46. The molecule has 20 heavy (non-hydrogen) atoms. The monoisotopic (exact) mass is 291 g/mol. The molecule has 0 amide bonds. The summed E-state index contributed by atoms with van der Waals surface area (Å²) < 4.78 is 25.0. The van der Waals surface area contributed by atoms with Crippen LogP contribution in [-0.4, -0.2) is 35.5 Å². The van der Waals surface area contributed by atoms with Gasteiger partial charge in [0.1, 0.15) is 0 Å². The van der Waals surface area contributed by atoms with Crippen LogP contribution in [0.3, 0.4) is 0 Å². The van der Waals surface area contributed by atoms with Crippen molar-refractivity contribution in [3.63, 3.8) is 0 Å². The van der Waals surface area contributed by atoms with Crippen LogP contribution in [0, 0.1) is 6.92 Å². The van der Waals surface area contributed by atoms with Crippen molar-refractivity contribution in [1.82, 2.24) is 9.55 Å². The molecule has 5 nitrogen and oxygen atoms in total. The number of benzene rings is 1. The lowest BCUT2D eigenvalue weighted by molar-refractivity contribution is 0.602. The molecule has 1 N–H and O–H groups in total. The van der Waals surface area contributed by atoms with Gasteiger partial charge in [0.25, 0.3) is 0 Å². The molecule has 106 valence electrons. The van der Waals surface area contributed by atoms with Crippen molar-refractivity contribution in [2.45, 2.75) is 19.4 Å². The van der Waals surface area contributed by atoms with Gasteiger partial charge >= 0.3 is 0 Å². The largest absolute Gasteiger partial charge is 0.352 e. The molecule has 0 saturated carbocycles. The third kappa shape index (κ3) is 2.70. The Hall–Kier alpha value is -1.82. The van der Waals surface area contributed by atoms with Gasteiger partial charge in [-0.15, -0.1) is 0 Å². The molecule has 0 aliphatic carbocycles. The quantitative estimate of drug-likeness (QED) is 0.936. The third-order valence-electron chi connectivity index (χ3n) is 3.43. The van der Waals surface area contributed by atoms with E-state index in [0.717, 1.165) is 11.4 Å². The normalized spacial score (nSPS) is 20.9. The highest BCUT2D eigenvalue weighted by molar-refractivity contribution is 7.91. The van der Waals surface area contributed by atoms with E-state index >= 15 is 0 Å². The van der Waals surface area contributed by atoms with Gasteiger partial charge < -0.3 is 5.32 Å². The predicted molar refractivity (Wildman–Crippen MR) is 79.0 cm³/mol. The van der Waals surface area contributed by atoms with Crippen molar-refractivity contribution in [2.75, 3.05) is 16.8 Å². The molecule has 1 aliphatic heterocycles. The SMILES string of the molecule is Cc1cn(-c2ccccc2)c(NC2CCS(=O)(=O)C2)n1. The number of hydrogen-bond acceptors (Lipinski definition) is 4. The molecule has 2 aromatic rings. The Morgan fingerprint density at radius 1 is 1.30 bits per heavy atom. The van der Waals surface area contributed by atoms with Crippen LogP contribution in [0.25, 0.3) is 5.69 Å². The molecule has 6 heteroatoms. The van der Waals surface area contributed by atoms with E-state index in [0.29, 0.717) is 12.4 Å². The zero-order valence-electron chi connectivity index (χ0n) is 11.3. The molecule has 1 fully saturated rings. The summed E-state index contributed by atoms with van der Waals surface area (Å²) in [6.45, 7) is 1.93. The van der Waals surface area contributed by atoms with E-state index in [1.807, 2.05) is 48.0 Å². The Morgan fingerprint density at radius 2 is 2.05 bits per heavy atom. The fraction of sp³-hybridized carbons (Fsp3) is 0.357. The standard InChI is InChI=1S/C14H17N3O2S/c1-11-9-17(13-5-3-2-4-6-13)14(15-11)16-12-7-8-20(18,19)10-12/h2-6,9,12H,7-8,10H2,1H3,(H,15,16). The number of anilines is 1. The summed E-state index contributed by atoms with van der Waals surface area (Å²) in [5.41, 5.74) is 1.91. The number of nitrogens with zero attached hydrogens (tertiary/aromatic N) is 2. The Kier molecular flexibility index (Phi) is 3.25. The number of aromatic nitrogens is 2. The second kappa shape index (κ2) is 4.94. The first kappa shape index (κ1) is 13.2. The summed E-state index contributed by atoms with van der Waals surface area (Å²) in [5, 5.41) is 3.26. The van der Waals surface area contributed by atoms with E-state index in [1.54, 1.807) is 0 Å². The van der Waals surface area contributed by atoms with Gasteiger partial charge in [-0.25, -0.2) is 13.4 Å². The van der Waals surface area contributed by atoms with Crippen LogP contribution in [0.4, 0.5) is 5.95 Å². The number of nitrogens with one attached hydrogen (secondary N) is 1. The van der Waals surface area contributed by atoms with E-state index in [9.17, 15) is 8.42 Å². The Balaban J connectivity index is 1.88. The second-order valence-electron chi connectivity index (χ2n) is 5.16. The minimum Gasteiger partial charge on any atom is -0.352 e. The van der Waals surface area contributed by atoms with Gasteiger partial charge in [0, 0.05) is 17.9 Å². The van der Waals surface area contributed by atoms with E-state index in [-0.39, 0.29) is 17.5 Å². The lowest BCUT2D eigenvalue weighted by Gasteiger charge is -2.13. The zero-order chi connectivity index (χ0) is 14.2. The minimum absolute atomic E-state index is 0.0516. The molecule has 1 aromatic carbocycles. The average molecular weight is 291 g/mol. The first-order valence-electron chi connectivity index (χ1n) is 6.62. The van der Waals surface area contributed by atoms with Crippen LogP contribution in [0.2, 0.25) is 0 Å². The highest BCUT2D eigenvalue weighted by Gasteiger charge is 2.28. The van der Waals surface area contributed by atoms with E-state index < -0.39 is 9.84 Å². The number of para-hydroxylation sites is 1. The first-order chi connectivity index (χ1) is 9.53. The second-order valence-corrected chi connectivity index (χ2v) is 7.38. The van der Waals surface area contributed by atoms with Crippen molar-refractivity contribution >= 4 is 15.8 Å². The van der Waals surface area contributed by atoms with Gasteiger partial charge in [-0.3, -0.25) is 4.57 Å². The van der Waals surface area contributed by atoms with Crippen molar-refractivity contribution in [1.29, 1.82) is 0 Å². The highest BCUT2D eigenvalue weighted by atomic mass is 32.2. The van der Waals surface area contributed by atoms with Gasteiger partial charge in [-0.2, -0.15) is 0 Å². The van der Waals surface area contributed by atoms with Crippen molar-refractivity contribution in [3.8, 4) is 5.69 Å². The lowest BCUT2D eigenvalue weighted by atomic mass is 10.3. The summed E-state index contributed by atoms with van der Waals surface area (Å²) in [6.07, 6.45) is 2.59. The topological polar surface area (TPSA) is 64.0 Å². The number of rotatable bonds is 3. The maximum Gasteiger partial charge on any atom is 0.207 e. The van der Waals surface area contributed by atoms with Gasteiger partial charge in [0.15, 0.2) is 9.84 Å². The highest BCUT2D eigenvalue weighted by Crippen LogP contribution is 2.20. The third-order valence-corrected chi connectivity index (χ3v) is 5.19. The maximum absolute atomic E-state index is 11.5. The summed E-state index contributed by atoms with van der Waals surface area (Å²) in [5.74, 6) is 1.15. The molecule has 1 atom stereocenters. The Bertz CT molecular complexity index is 707. The average Bonchev–Trinajstić information content (AvgIpc) is 2.94. The zero-order valence-corrected chi connectivity index (χ0v) is 12.1. The van der Waals surface area contributed by atoms with E-state index in [1.165, 1.54) is 0 Å². The summed E-state index contributed by atoms with van der Waals surface area (Å²) in [7, 11) is -2.89. The lowest BCUT2D eigenvalue weighted by Crippen LogP contribution is -2.22. The molecular weight excluding hydrogens is 274 g/mol. The predicted octanol–water partition coefficient (Wildman–Crippen LogP) is 1.78. The van der Waals surface area contributed by atoms with Gasteiger partial charge in [-0.05, 0) is 25.5 Å². The summed E-state index contributed by atoms with van der Waals surface area (Å²) in [6, 6.07) is 9.84. The van der Waals surface area contributed by atoms with Crippen LogP contribution in [0.1, 0.15) is 12.1 Å². The van der Waals surface area contributed by atoms with Gasteiger partial charge in [0.05, 0.1) is 17.2 Å². The molecule has 1 aromatic heterocycles. The molecule has 1 aliphatic rings. The molecule has 3 rings (SSSR count). The molecule has 0 bridgehead atoms. The fourth-order valence-corrected chi connectivity index (χ4v) is 4.15. The van der Waals surface area contributed by atoms with Crippen LogP contribution in [0.5, 0.6) is 0 Å². The smallest absolute Gasteiger partial charge is 0.207 e.